The molecule has 2 heterocycles. The molecule has 0 saturated carbocycles. The first-order valence-corrected chi connectivity index (χ1v) is 9.37. The van der Waals surface area contributed by atoms with Crippen LogP contribution in [0, 0.1) is 0 Å². The summed E-state index contributed by atoms with van der Waals surface area (Å²) in [5.74, 6) is 2.03. The van der Waals surface area contributed by atoms with Gasteiger partial charge in [-0.25, -0.2) is 5.01 Å². The molecular weight excluding hydrogens is 387 g/mol. The Morgan fingerprint density at radius 1 is 1.11 bits per heavy atom. The fourth-order valence-corrected chi connectivity index (χ4v) is 4.22. The van der Waals surface area contributed by atoms with Gasteiger partial charge in [-0.2, -0.15) is 5.10 Å². The van der Waals surface area contributed by atoms with Crippen LogP contribution in [0.4, 0.5) is 0 Å². The normalized spacial score (nSPS) is 19.7. The number of fused-ring (bicyclic) bond motifs is 3. The number of hydrazone groups is 1. The van der Waals surface area contributed by atoms with Gasteiger partial charge < -0.3 is 14.2 Å². The van der Waals surface area contributed by atoms with Crippen molar-refractivity contribution in [3.63, 3.8) is 0 Å². The van der Waals surface area contributed by atoms with Gasteiger partial charge in [0.15, 0.2) is 17.2 Å². The van der Waals surface area contributed by atoms with Crippen LogP contribution in [0.15, 0.2) is 35.4 Å². The lowest BCUT2D eigenvalue weighted by molar-refractivity contribution is -0.0910. The average molecular weight is 407 g/mol. The number of hydrogen-bond acceptors (Lipinski definition) is 5. The van der Waals surface area contributed by atoms with Gasteiger partial charge >= 0.3 is 0 Å². The molecule has 0 fully saturated rings. The number of halogens is 2. The zero-order valence-electron chi connectivity index (χ0n) is 15.5. The first-order chi connectivity index (χ1) is 12.8. The van der Waals surface area contributed by atoms with Crippen molar-refractivity contribution in [3.8, 4) is 17.2 Å². The molecule has 2 aromatic carbocycles. The molecule has 0 aromatic heterocycles. The van der Waals surface area contributed by atoms with Gasteiger partial charge in [-0.3, -0.25) is 0 Å². The molecule has 0 spiro atoms. The molecule has 0 amide bonds. The lowest BCUT2D eigenvalue weighted by atomic mass is 9.95. The molecule has 2 aromatic rings. The molecule has 27 heavy (non-hydrogen) atoms. The summed E-state index contributed by atoms with van der Waals surface area (Å²) in [5.41, 5.74) is 2.24. The predicted octanol–water partition coefficient (Wildman–Crippen LogP) is 5.29. The van der Waals surface area contributed by atoms with Crippen LogP contribution >= 0.6 is 23.2 Å². The van der Waals surface area contributed by atoms with Crippen LogP contribution in [0.25, 0.3) is 0 Å². The summed E-state index contributed by atoms with van der Waals surface area (Å²) >= 11 is 12.6. The molecule has 2 aliphatic rings. The molecule has 1 atom stereocenters. The van der Waals surface area contributed by atoms with E-state index in [2.05, 4.69) is 0 Å². The minimum absolute atomic E-state index is 0.00282. The summed E-state index contributed by atoms with van der Waals surface area (Å²) < 4.78 is 16.9. The van der Waals surface area contributed by atoms with Crippen LogP contribution in [-0.2, 0) is 0 Å². The second-order valence-electron chi connectivity index (χ2n) is 7.04. The molecule has 2 aliphatic heterocycles. The molecule has 142 valence electrons. The Bertz CT molecular complexity index is 943. The van der Waals surface area contributed by atoms with Crippen molar-refractivity contribution in [1.82, 2.24) is 5.01 Å². The lowest BCUT2D eigenvalue weighted by Crippen LogP contribution is -2.48. The number of ether oxygens (including phenoxy) is 3. The zero-order chi connectivity index (χ0) is 19.3. The van der Waals surface area contributed by atoms with Gasteiger partial charge in [0.1, 0.15) is 5.75 Å². The molecule has 0 unspecified atom stereocenters. The fourth-order valence-electron chi connectivity index (χ4n) is 3.67. The number of methoxy groups -OCH3 is 2. The number of nitrogens with zero attached hydrogens (tertiary/aromatic N) is 2. The third kappa shape index (κ3) is 2.99. The van der Waals surface area contributed by atoms with Crippen LogP contribution in [0.5, 0.6) is 17.2 Å². The van der Waals surface area contributed by atoms with E-state index < -0.39 is 5.72 Å². The Kier molecular flexibility index (Phi) is 4.40. The van der Waals surface area contributed by atoms with Gasteiger partial charge in [-0.15, -0.1) is 0 Å². The van der Waals surface area contributed by atoms with Crippen LogP contribution < -0.4 is 14.2 Å². The number of hydrogen-bond donors (Lipinski definition) is 0. The predicted molar refractivity (Wildman–Crippen MR) is 106 cm³/mol. The van der Waals surface area contributed by atoms with Gasteiger partial charge in [-0.05, 0) is 44.2 Å². The Balaban J connectivity index is 1.77. The minimum Gasteiger partial charge on any atom is -0.493 e. The molecule has 0 radical (unpaired) electrons. The van der Waals surface area contributed by atoms with E-state index in [1.54, 1.807) is 20.3 Å². The van der Waals surface area contributed by atoms with E-state index in [1.165, 1.54) is 0 Å². The van der Waals surface area contributed by atoms with Crippen molar-refractivity contribution in [3.05, 3.63) is 51.5 Å². The third-order valence-corrected chi connectivity index (χ3v) is 5.43. The summed E-state index contributed by atoms with van der Waals surface area (Å²) in [5, 5.41) is 7.95. The second-order valence-corrected chi connectivity index (χ2v) is 7.88. The standard InChI is InChI=1S/C20H20Cl2N2O3/c1-20(2)24-16(13-8-12(21)9-14(22)19(13)27-20)10-15(23-24)11-5-6-17(25-3)18(7-11)26-4/h5-9,16H,10H2,1-4H3/t16-/m1/s1. The monoisotopic (exact) mass is 406 g/mol. The van der Waals surface area contributed by atoms with E-state index in [0.717, 1.165) is 16.8 Å². The van der Waals surface area contributed by atoms with E-state index in [4.69, 9.17) is 42.5 Å². The van der Waals surface area contributed by atoms with Crippen molar-refractivity contribution in [2.45, 2.75) is 32.0 Å². The van der Waals surface area contributed by atoms with Crippen LogP contribution in [0.1, 0.15) is 37.4 Å². The van der Waals surface area contributed by atoms with Crippen molar-refractivity contribution >= 4 is 28.9 Å². The highest BCUT2D eigenvalue weighted by atomic mass is 35.5. The van der Waals surface area contributed by atoms with Gasteiger partial charge in [0.25, 0.3) is 0 Å². The van der Waals surface area contributed by atoms with E-state index in [1.807, 2.05) is 43.1 Å². The van der Waals surface area contributed by atoms with Gasteiger partial charge in [0.05, 0.1) is 31.0 Å². The Labute approximate surface area is 168 Å². The SMILES string of the molecule is COc1ccc(C2=NN3[C@H](C2)c2cc(Cl)cc(Cl)c2OC3(C)C)cc1OC. The summed E-state index contributed by atoms with van der Waals surface area (Å²) in [6.07, 6.45) is 0.714. The summed E-state index contributed by atoms with van der Waals surface area (Å²) in [4.78, 5) is 0. The van der Waals surface area contributed by atoms with Crippen molar-refractivity contribution < 1.29 is 14.2 Å². The van der Waals surface area contributed by atoms with E-state index >= 15 is 0 Å². The van der Waals surface area contributed by atoms with Gasteiger partial charge in [0, 0.05) is 22.6 Å². The average Bonchev–Trinajstić information content (AvgIpc) is 3.09. The molecular formula is C20H20Cl2N2O3. The van der Waals surface area contributed by atoms with Gasteiger partial charge in [0.2, 0.25) is 0 Å². The highest BCUT2D eigenvalue weighted by Gasteiger charge is 2.45. The second kappa shape index (κ2) is 6.50. The third-order valence-electron chi connectivity index (χ3n) is 4.93. The largest absolute Gasteiger partial charge is 0.493 e. The summed E-state index contributed by atoms with van der Waals surface area (Å²) in [7, 11) is 3.24. The first kappa shape index (κ1) is 18.3. The molecule has 4 rings (SSSR count). The summed E-state index contributed by atoms with van der Waals surface area (Å²) in [6, 6.07) is 9.43. The van der Waals surface area contributed by atoms with Crippen LogP contribution in [0.2, 0.25) is 10.0 Å². The molecule has 0 aliphatic carbocycles. The molecule has 5 nitrogen and oxygen atoms in total. The Morgan fingerprint density at radius 3 is 2.56 bits per heavy atom. The molecule has 0 N–H and O–H groups in total. The maximum absolute atomic E-state index is 6.40. The van der Waals surface area contributed by atoms with Crippen molar-refractivity contribution in [2.75, 3.05) is 14.2 Å². The molecule has 7 heteroatoms. The Morgan fingerprint density at radius 2 is 1.85 bits per heavy atom. The first-order valence-electron chi connectivity index (χ1n) is 8.61. The Hall–Kier alpha value is -2.11. The maximum atomic E-state index is 6.40. The van der Waals surface area contributed by atoms with E-state index in [0.29, 0.717) is 33.7 Å². The van der Waals surface area contributed by atoms with Crippen molar-refractivity contribution in [2.24, 2.45) is 5.10 Å². The van der Waals surface area contributed by atoms with Crippen LogP contribution in [0.3, 0.4) is 0 Å². The minimum atomic E-state index is -0.632. The lowest BCUT2D eigenvalue weighted by Gasteiger charge is -2.44. The fraction of sp³-hybridized carbons (Fsp3) is 0.350. The smallest absolute Gasteiger partial charge is 0.192 e. The molecule has 0 saturated heterocycles. The van der Waals surface area contributed by atoms with E-state index in [9.17, 15) is 0 Å². The topological polar surface area (TPSA) is 43.3 Å². The maximum Gasteiger partial charge on any atom is 0.192 e. The zero-order valence-corrected chi connectivity index (χ0v) is 17.1. The number of rotatable bonds is 3. The molecule has 0 bridgehead atoms. The number of benzene rings is 2. The highest BCUT2D eigenvalue weighted by molar-refractivity contribution is 6.35. The van der Waals surface area contributed by atoms with Crippen LogP contribution in [-0.4, -0.2) is 30.7 Å². The van der Waals surface area contributed by atoms with Gasteiger partial charge in [-0.1, -0.05) is 23.2 Å². The quantitative estimate of drug-likeness (QED) is 0.694. The van der Waals surface area contributed by atoms with Crippen molar-refractivity contribution in [1.29, 1.82) is 0 Å². The summed E-state index contributed by atoms with van der Waals surface area (Å²) in [6.45, 7) is 3.96. The van der Waals surface area contributed by atoms with E-state index in [-0.39, 0.29) is 6.04 Å². The highest BCUT2D eigenvalue weighted by Crippen LogP contribution is 2.50.